The topological polar surface area (TPSA) is 12.0 Å². The fraction of sp³-hybridized carbons (Fsp3) is 0.714. The van der Waals surface area contributed by atoms with E-state index in [1.54, 1.807) is 4.88 Å². The fourth-order valence-electron chi connectivity index (χ4n) is 2.99. The Morgan fingerprint density at radius 2 is 1.94 bits per heavy atom. The monoisotopic (exact) mass is 237 g/mol. The Bertz CT molecular complexity index is 323. The van der Waals surface area contributed by atoms with Crippen molar-refractivity contribution < 1.29 is 0 Å². The smallest absolute Gasteiger partial charge is 0.00541 e. The molecule has 1 aromatic heterocycles. The van der Waals surface area contributed by atoms with Crippen molar-refractivity contribution in [2.75, 3.05) is 13.6 Å². The third-order valence-corrected chi connectivity index (χ3v) is 5.06. The van der Waals surface area contributed by atoms with Crippen LogP contribution in [0.5, 0.6) is 0 Å². The lowest BCUT2D eigenvalue weighted by molar-refractivity contribution is 0.288. The maximum absolute atomic E-state index is 3.40. The van der Waals surface area contributed by atoms with Crippen LogP contribution < -0.4 is 5.32 Å². The molecule has 0 saturated heterocycles. The number of aryl methyl sites for hydroxylation is 1. The van der Waals surface area contributed by atoms with Crippen LogP contribution in [0.4, 0.5) is 0 Å². The predicted molar refractivity (Wildman–Crippen MR) is 72.2 cm³/mol. The van der Waals surface area contributed by atoms with Gasteiger partial charge in [-0.25, -0.2) is 0 Å². The molecule has 1 N–H and O–H groups in total. The molecule has 0 spiro atoms. The van der Waals surface area contributed by atoms with E-state index < -0.39 is 0 Å². The van der Waals surface area contributed by atoms with Crippen molar-refractivity contribution in [1.82, 2.24) is 5.32 Å². The van der Waals surface area contributed by atoms with E-state index >= 15 is 0 Å². The van der Waals surface area contributed by atoms with Crippen molar-refractivity contribution >= 4 is 11.3 Å². The lowest BCUT2D eigenvalue weighted by atomic mass is 9.82. The van der Waals surface area contributed by atoms with Gasteiger partial charge >= 0.3 is 0 Å². The molecule has 1 saturated carbocycles. The van der Waals surface area contributed by atoms with Gasteiger partial charge in [0.15, 0.2) is 0 Å². The summed E-state index contributed by atoms with van der Waals surface area (Å²) in [5.74, 6) is 0. The third kappa shape index (κ3) is 2.67. The first-order valence-corrected chi connectivity index (χ1v) is 7.32. The third-order valence-electron chi connectivity index (χ3n) is 3.83. The first-order chi connectivity index (χ1) is 7.78. The average molecular weight is 237 g/mol. The van der Waals surface area contributed by atoms with Gasteiger partial charge in [-0.1, -0.05) is 19.8 Å². The molecule has 0 unspecified atom stereocenters. The lowest BCUT2D eigenvalue weighted by Crippen LogP contribution is -2.31. The van der Waals surface area contributed by atoms with E-state index in [4.69, 9.17) is 0 Å². The highest BCUT2D eigenvalue weighted by Gasteiger charge is 2.33. The molecule has 0 aromatic carbocycles. The number of hydrogen-bond acceptors (Lipinski definition) is 2. The molecule has 1 nitrogen and oxygen atoms in total. The van der Waals surface area contributed by atoms with E-state index in [0.29, 0.717) is 5.41 Å². The summed E-state index contributed by atoms with van der Waals surface area (Å²) in [7, 11) is 2.09. The van der Waals surface area contributed by atoms with E-state index in [0.717, 1.165) is 0 Å². The second-order valence-electron chi connectivity index (χ2n) is 5.14. The Labute approximate surface area is 103 Å². The van der Waals surface area contributed by atoms with Crippen molar-refractivity contribution in [3.05, 3.63) is 21.9 Å². The summed E-state index contributed by atoms with van der Waals surface area (Å²) >= 11 is 2.02. The van der Waals surface area contributed by atoms with E-state index in [1.807, 2.05) is 11.3 Å². The van der Waals surface area contributed by atoms with Crippen LogP contribution in [0.25, 0.3) is 0 Å². The van der Waals surface area contributed by atoms with Crippen LogP contribution in [0, 0.1) is 5.41 Å². The van der Waals surface area contributed by atoms with Gasteiger partial charge in [0.2, 0.25) is 0 Å². The van der Waals surface area contributed by atoms with Crippen molar-refractivity contribution in [3.63, 3.8) is 0 Å². The number of nitrogens with one attached hydrogen (secondary N) is 1. The van der Waals surface area contributed by atoms with E-state index in [-0.39, 0.29) is 0 Å². The Hall–Kier alpha value is -0.340. The van der Waals surface area contributed by atoms with Crippen LogP contribution in [0.1, 0.15) is 42.4 Å². The Kier molecular flexibility index (Phi) is 4.04. The molecule has 0 bridgehead atoms. The summed E-state index contributed by atoms with van der Waals surface area (Å²) < 4.78 is 0. The Balaban J connectivity index is 2.05. The molecule has 1 fully saturated rings. The summed E-state index contributed by atoms with van der Waals surface area (Å²) in [6, 6.07) is 4.65. The van der Waals surface area contributed by atoms with Gasteiger partial charge in [0, 0.05) is 16.3 Å². The van der Waals surface area contributed by atoms with Crippen molar-refractivity contribution in [2.45, 2.75) is 45.4 Å². The molecule has 0 atom stereocenters. The average Bonchev–Trinajstić information content (AvgIpc) is 2.89. The fourth-order valence-corrected chi connectivity index (χ4v) is 4.12. The minimum absolute atomic E-state index is 0.560. The van der Waals surface area contributed by atoms with Gasteiger partial charge in [-0.2, -0.15) is 0 Å². The molecule has 16 heavy (non-hydrogen) atoms. The highest BCUT2D eigenvalue weighted by atomic mass is 32.1. The molecule has 1 aliphatic carbocycles. The minimum Gasteiger partial charge on any atom is -0.319 e. The van der Waals surface area contributed by atoms with Gasteiger partial charge in [-0.3, -0.25) is 0 Å². The zero-order valence-electron chi connectivity index (χ0n) is 10.5. The quantitative estimate of drug-likeness (QED) is 0.824. The number of hydrogen-bond donors (Lipinski definition) is 1. The molecule has 1 heterocycles. The first-order valence-electron chi connectivity index (χ1n) is 6.50. The standard InChI is InChI=1S/C14H23NS/c1-3-12-6-7-13(16-12)10-14(11-15-2)8-4-5-9-14/h6-7,15H,3-5,8-11H2,1-2H3. The van der Waals surface area contributed by atoms with Crippen LogP contribution in [0.15, 0.2) is 12.1 Å². The van der Waals surface area contributed by atoms with Gasteiger partial charge in [-0.15, -0.1) is 11.3 Å². The molecular weight excluding hydrogens is 214 g/mol. The zero-order valence-corrected chi connectivity index (χ0v) is 11.3. The van der Waals surface area contributed by atoms with Crippen LogP contribution in [0.2, 0.25) is 0 Å². The van der Waals surface area contributed by atoms with Crippen LogP contribution >= 0.6 is 11.3 Å². The van der Waals surface area contributed by atoms with Crippen LogP contribution in [-0.4, -0.2) is 13.6 Å². The SMILES string of the molecule is CCc1ccc(CC2(CNC)CCCC2)s1. The van der Waals surface area contributed by atoms with E-state index in [1.165, 1.54) is 49.9 Å². The summed E-state index contributed by atoms with van der Waals surface area (Å²) in [4.78, 5) is 3.13. The molecule has 90 valence electrons. The van der Waals surface area contributed by atoms with Gasteiger partial charge < -0.3 is 5.32 Å². The highest BCUT2D eigenvalue weighted by molar-refractivity contribution is 7.11. The second kappa shape index (κ2) is 5.33. The van der Waals surface area contributed by atoms with Gasteiger partial charge in [0.1, 0.15) is 0 Å². The summed E-state index contributed by atoms with van der Waals surface area (Å²) in [6.45, 7) is 3.43. The molecule has 2 rings (SSSR count). The van der Waals surface area contributed by atoms with Gasteiger partial charge in [-0.05, 0) is 50.3 Å². The molecule has 0 radical (unpaired) electrons. The summed E-state index contributed by atoms with van der Waals surface area (Å²) in [5, 5.41) is 3.40. The van der Waals surface area contributed by atoms with Crippen LogP contribution in [-0.2, 0) is 12.8 Å². The maximum atomic E-state index is 3.40. The Morgan fingerprint density at radius 1 is 1.25 bits per heavy atom. The predicted octanol–water partition coefficient (Wildman–Crippen LogP) is 3.63. The van der Waals surface area contributed by atoms with Crippen molar-refractivity contribution in [1.29, 1.82) is 0 Å². The number of rotatable bonds is 5. The van der Waals surface area contributed by atoms with Gasteiger partial charge in [0.25, 0.3) is 0 Å². The molecule has 1 aromatic rings. The van der Waals surface area contributed by atoms with E-state index in [2.05, 4.69) is 31.4 Å². The van der Waals surface area contributed by atoms with Crippen LogP contribution in [0.3, 0.4) is 0 Å². The zero-order chi connectivity index (χ0) is 11.4. The normalized spacial score (nSPS) is 19.1. The number of thiophene rings is 1. The summed E-state index contributed by atoms with van der Waals surface area (Å²) in [6.07, 6.45) is 8.14. The molecule has 1 aliphatic rings. The maximum Gasteiger partial charge on any atom is 0.00541 e. The minimum atomic E-state index is 0.560. The molecular formula is C14H23NS. The first kappa shape index (κ1) is 12.1. The summed E-state index contributed by atoms with van der Waals surface area (Å²) in [5.41, 5.74) is 0.560. The Morgan fingerprint density at radius 3 is 2.50 bits per heavy atom. The lowest BCUT2D eigenvalue weighted by Gasteiger charge is -2.28. The second-order valence-corrected chi connectivity index (χ2v) is 6.39. The molecule has 0 aliphatic heterocycles. The van der Waals surface area contributed by atoms with Gasteiger partial charge in [0.05, 0.1) is 0 Å². The van der Waals surface area contributed by atoms with Crippen molar-refractivity contribution in [3.8, 4) is 0 Å². The van der Waals surface area contributed by atoms with Crippen molar-refractivity contribution in [2.24, 2.45) is 5.41 Å². The largest absolute Gasteiger partial charge is 0.319 e. The van der Waals surface area contributed by atoms with E-state index in [9.17, 15) is 0 Å². The molecule has 0 amide bonds. The molecule has 2 heteroatoms. The highest BCUT2D eigenvalue weighted by Crippen LogP contribution is 2.41.